The van der Waals surface area contributed by atoms with E-state index >= 15 is 0 Å². The second kappa shape index (κ2) is 9.38. The predicted octanol–water partition coefficient (Wildman–Crippen LogP) is 4.04. The summed E-state index contributed by atoms with van der Waals surface area (Å²) in [4.78, 5) is 12.9. The Morgan fingerprint density at radius 3 is 2.61 bits per heavy atom. The number of rotatable bonds is 7. The molecule has 0 saturated carbocycles. The molecule has 0 spiro atoms. The van der Waals surface area contributed by atoms with Crippen molar-refractivity contribution < 1.29 is 18.8 Å². The summed E-state index contributed by atoms with van der Waals surface area (Å²) < 4.78 is 16.0. The van der Waals surface area contributed by atoms with E-state index in [1.54, 1.807) is 32.4 Å². The number of aryl methyl sites for hydroxylation is 1. The van der Waals surface area contributed by atoms with Crippen molar-refractivity contribution in [1.29, 1.82) is 0 Å². The molecule has 1 amide bonds. The van der Waals surface area contributed by atoms with Gasteiger partial charge in [0.2, 0.25) is 0 Å². The number of hydrazine groups is 1. The molecular formula is C25H28N4O4. The summed E-state index contributed by atoms with van der Waals surface area (Å²) in [6.45, 7) is 6.80. The highest BCUT2D eigenvalue weighted by atomic mass is 16.5. The van der Waals surface area contributed by atoms with Crippen LogP contribution in [0.25, 0.3) is 11.3 Å². The highest BCUT2D eigenvalue weighted by molar-refractivity contribution is 5.94. The maximum absolute atomic E-state index is 12.9. The van der Waals surface area contributed by atoms with Crippen LogP contribution in [0.5, 0.6) is 11.5 Å². The zero-order valence-corrected chi connectivity index (χ0v) is 19.4. The zero-order chi connectivity index (χ0) is 23.5. The van der Waals surface area contributed by atoms with Crippen molar-refractivity contribution in [3.05, 3.63) is 76.7 Å². The summed E-state index contributed by atoms with van der Waals surface area (Å²) >= 11 is 0. The third-order valence-electron chi connectivity index (χ3n) is 5.83. The standard InChI is InChI=1S/C25H28N4O4/c1-15-8-6-7-9-19(15)14-29-17(3)24(16(2)27-29)26-25(30)20-13-22(33-28-20)18-10-11-21(31-4)23(12-18)32-5/h6-13,16,27H,14H2,1-5H3,(H,26,30). The largest absolute Gasteiger partial charge is 0.493 e. The Labute approximate surface area is 193 Å². The molecule has 0 bridgehead atoms. The average molecular weight is 449 g/mol. The van der Waals surface area contributed by atoms with Crippen molar-refractivity contribution in [2.45, 2.75) is 33.4 Å². The van der Waals surface area contributed by atoms with Crippen LogP contribution in [0.1, 0.15) is 35.5 Å². The molecule has 4 rings (SSSR count). The van der Waals surface area contributed by atoms with Crippen molar-refractivity contribution in [3.63, 3.8) is 0 Å². The summed E-state index contributed by atoms with van der Waals surface area (Å²) in [6.07, 6.45) is 0. The molecule has 33 heavy (non-hydrogen) atoms. The van der Waals surface area contributed by atoms with Crippen LogP contribution >= 0.6 is 0 Å². The molecule has 2 aromatic carbocycles. The summed E-state index contributed by atoms with van der Waals surface area (Å²) in [6, 6.07) is 15.2. The first kappa shape index (κ1) is 22.4. The van der Waals surface area contributed by atoms with Gasteiger partial charge in [-0.2, -0.15) is 0 Å². The van der Waals surface area contributed by atoms with E-state index in [-0.39, 0.29) is 17.6 Å². The molecular weight excluding hydrogens is 420 g/mol. The van der Waals surface area contributed by atoms with Gasteiger partial charge in [-0.05, 0) is 50.1 Å². The van der Waals surface area contributed by atoms with Crippen LogP contribution in [0.3, 0.4) is 0 Å². The number of carbonyl (C=O) groups excluding carboxylic acids is 1. The van der Waals surface area contributed by atoms with E-state index in [1.165, 1.54) is 11.1 Å². The number of ether oxygens (including phenoxy) is 2. The van der Waals surface area contributed by atoms with Gasteiger partial charge in [0.1, 0.15) is 0 Å². The number of benzene rings is 2. The fraction of sp³-hybridized carbons (Fsp3) is 0.280. The summed E-state index contributed by atoms with van der Waals surface area (Å²) in [5.74, 6) is 1.31. The van der Waals surface area contributed by atoms with Crippen molar-refractivity contribution >= 4 is 5.91 Å². The van der Waals surface area contributed by atoms with E-state index in [9.17, 15) is 4.79 Å². The van der Waals surface area contributed by atoms with Crippen LogP contribution in [0.4, 0.5) is 0 Å². The average Bonchev–Trinajstić information content (AvgIpc) is 3.41. The van der Waals surface area contributed by atoms with Crippen molar-refractivity contribution in [2.75, 3.05) is 14.2 Å². The van der Waals surface area contributed by atoms with Crippen LogP contribution < -0.4 is 20.2 Å². The molecule has 2 N–H and O–H groups in total. The Bertz CT molecular complexity index is 1200. The number of aromatic nitrogens is 1. The van der Waals surface area contributed by atoms with Crippen LogP contribution in [0.2, 0.25) is 0 Å². The van der Waals surface area contributed by atoms with Gasteiger partial charge >= 0.3 is 0 Å². The Morgan fingerprint density at radius 1 is 1.12 bits per heavy atom. The van der Waals surface area contributed by atoms with E-state index in [1.807, 2.05) is 32.0 Å². The molecule has 0 fully saturated rings. The monoisotopic (exact) mass is 448 g/mol. The molecule has 2 heterocycles. The SMILES string of the molecule is COc1ccc(-c2cc(C(=O)NC3=C(C)N(Cc4ccccc4C)NC3C)no2)cc1OC. The number of carbonyl (C=O) groups is 1. The molecule has 8 heteroatoms. The van der Waals surface area contributed by atoms with E-state index < -0.39 is 0 Å². The molecule has 1 atom stereocenters. The predicted molar refractivity (Wildman–Crippen MR) is 125 cm³/mol. The first-order valence-electron chi connectivity index (χ1n) is 10.7. The van der Waals surface area contributed by atoms with Crippen molar-refractivity contribution in [2.24, 2.45) is 0 Å². The van der Waals surface area contributed by atoms with Gasteiger partial charge in [0.15, 0.2) is 23.0 Å². The lowest BCUT2D eigenvalue weighted by Crippen LogP contribution is -2.37. The van der Waals surface area contributed by atoms with Gasteiger partial charge in [0.05, 0.1) is 32.5 Å². The van der Waals surface area contributed by atoms with Crippen LogP contribution in [0.15, 0.2) is 64.4 Å². The third kappa shape index (κ3) is 4.56. The molecule has 1 unspecified atom stereocenters. The van der Waals surface area contributed by atoms with Crippen LogP contribution in [-0.4, -0.2) is 36.3 Å². The lowest BCUT2D eigenvalue weighted by Gasteiger charge is -2.22. The van der Waals surface area contributed by atoms with Gasteiger partial charge in [0.25, 0.3) is 5.91 Å². The lowest BCUT2D eigenvalue weighted by atomic mass is 10.1. The Balaban J connectivity index is 1.50. The van der Waals surface area contributed by atoms with Crippen molar-refractivity contribution in [3.8, 4) is 22.8 Å². The minimum atomic E-state index is -0.328. The number of methoxy groups -OCH3 is 2. The van der Waals surface area contributed by atoms with Gasteiger partial charge in [-0.25, -0.2) is 5.43 Å². The molecule has 1 aliphatic rings. The molecule has 0 saturated heterocycles. The minimum absolute atomic E-state index is 0.0461. The molecule has 0 radical (unpaired) electrons. The first-order valence-corrected chi connectivity index (χ1v) is 10.7. The van der Waals surface area contributed by atoms with Crippen LogP contribution in [0, 0.1) is 6.92 Å². The third-order valence-corrected chi connectivity index (χ3v) is 5.83. The van der Waals surface area contributed by atoms with E-state index in [4.69, 9.17) is 14.0 Å². The normalized spacial score (nSPS) is 15.7. The molecule has 1 aliphatic heterocycles. The number of allylic oxidation sites excluding steroid dienone is 1. The van der Waals surface area contributed by atoms with Gasteiger partial charge in [-0.3, -0.25) is 4.79 Å². The number of amides is 1. The fourth-order valence-corrected chi connectivity index (χ4v) is 3.87. The Hall–Kier alpha value is -3.78. The minimum Gasteiger partial charge on any atom is -0.493 e. The molecule has 8 nitrogen and oxygen atoms in total. The zero-order valence-electron chi connectivity index (χ0n) is 19.4. The second-order valence-electron chi connectivity index (χ2n) is 7.96. The maximum atomic E-state index is 12.9. The number of nitrogens with one attached hydrogen (secondary N) is 2. The van der Waals surface area contributed by atoms with Gasteiger partial charge in [0, 0.05) is 17.3 Å². The van der Waals surface area contributed by atoms with E-state index in [0.29, 0.717) is 23.8 Å². The number of hydrogen-bond donors (Lipinski definition) is 2. The molecule has 172 valence electrons. The number of hydrogen-bond acceptors (Lipinski definition) is 7. The summed E-state index contributed by atoms with van der Waals surface area (Å²) in [5.41, 5.74) is 8.56. The van der Waals surface area contributed by atoms with E-state index in [0.717, 1.165) is 17.0 Å². The lowest BCUT2D eigenvalue weighted by molar-refractivity contribution is 0.0954. The molecule has 0 aliphatic carbocycles. The smallest absolute Gasteiger partial charge is 0.277 e. The highest BCUT2D eigenvalue weighted by Gasteiger charge is 2.28. The maximum Gasteiger partial charge on any atom is 0.277 e. The van der Waals surface area contributed by atoms with Crippen molar-refractivity contribution in [1.82, 2.24) is 20.9 Å². The Morgan fingerprint density at radius 2 is 1.88 bits per heavy atom. The quantitative estimate of drug-likeness (QED) is 0.564. The topological polar surface area (TPSA) is 88.9 Å². The van der Waals surface area contributed by atoms with Crippen LogP contribution in [-0.2, 0) is 6.54 Å². The number of nitrogens with zero attached hydrogens (tertiary/aromatic N) is 2. The highest BCUT2D eigenvalue weighted by Crippen LogP contribution is 2.32. The van der Waals surface area contributed by atoms with Gasteiger partial charge < -0.3 is 24.3 Å². The summed E-state index contributed by atoms with van der Waals surface area (Å²) in [7, 11) is 3.14. The molecule has 3 aromatic rings. The fourth-order valence-electron chi connectivity index (χ4n) is 3.87. The Kier molecular flexibility index (Phi) is 6.37. The van der Waals surface area contributed by atoms with Gasteiger partial charge in [-0.1, -0.05) is 29.4 Å². The second-order valence-corrected chi connectivity index (χ2v) is 7.96. The summed E-state index contributed by atoms with van der Waals surface area (Å²) in [5, 5.41) is 9.02. The van der Waals surface area contributed by atoms with Gasteiger partial charge in [-0.15, -0.1) is 0 Å². The first-order chi connectivity index (χ1) is 15.9. The van der Waals surface area contributed by atoms with E-state index in [2.05, 4.69) is 40.0 Å². The molecule has 1 aromatic heterocycles.